The van der Waals surface area contributed by atoms with Crippen molar-refractivity contribution in [2.24, 2.45) is 11.3 Å². The summed E-state index contributed by atoms with van der Waals surface area (Å²) in [5.74, 6) is -0.133. The molecule has 1 aliphatic carbocycles. The molecule has 1 saturated carbocycles. The molecule has 0 radical (unpaired) electrons. The third-order valence-electron chi connectivity index (χ3n) is 6.06. The van der Waals surface area contributed by atoms with Crippen LogP contribution in [0, 0.1) is 11.3 Å². The quantitative estimate of drug-likeness (QED) is 0.538. The van der Waals surface area contributed by atoms with Crippen molar-refractivity contribution in [3.8, 4) is 0 Å². The van der Waals surface area contributed by atoms with E-state index in [4.69, 9.17) is 0 Å². The summed E-state index contributed by atoms with van der Waals surface area (Å²) >= 11 is 0. The zero-order valence-corrected chi connectivity index (χ0v) is 21.2. The van der Waals surface area contributed by atoms with Gasteiger partial charge in [-0.3, -0.25) is 9.59 Å². The lowest BCUT2D eigenvalue weighted by molar-refractivity contribution is -0.118. The summed E-state index contributed by atoms with van der Waals surface area (Å²) in [5, 5.41) is 5.78. The molecule has 1 aliphatic rings. The Morgan fingerprint density at radius 2 is 1.56 bits per heavy atom. The predicted octanol–water partition coefficient (Wildman–Crippen LogP) is 5.21. The summed E-state index contributed by atoms with van der Waals surface area (Å²) in [6, 6.07) is 14.5. The number of carbonyl (C=O) groups excluding carboxylic acids is 2. The van der Waals surface area contributed by atoms with Crippen LogP contribution in [0.1, 0.15) is 69.7 Å². The van der Waals surface area contributed by atoms with Crippen LogP contribution in [0.25, 0.3) is 0 Å². The second-order valence-corrected chi connectivity index (χ2v) is 12.5. The summed E-state index contributed by atoms with van der Waals surface area (Å²) in [5.41, 5.74) is 0.661. The topological polar surface area (TPSA) is 92.3 Å². The van der Waals surface area contributed by atoms with Crippen molar-refractivity contribution in [2.45, 2.75) is 70.2 Å². The first-order valence-electron chi connectivity index (χ1n) is 12.0. The minimum Gasteiger partial charge on any atom is -0.340 e. The molecule has 34 heavy (non-hydrogen) atoms. The van der Waals surface area contributed by atoms with E-state index in [9.17, 15) is 18.0 Å². The Labute approximate surface area is 203 Å². The molecular formula is C27H36N2O4S. The molecule has 2 amide bonds. The smallest absolute Gasteiger partial charge is 0.251 e. The van der Waals surface area contributed by atoms with Crippen LogP contribution in [0.15, 0.2) is 59.5 Å². The van der Waals surface area contributed by atoms with E-state index in [1.807, 2.05) is 26.8 Å². The largest absolute Gasteiger partial charge is 0.340 e. The monoisotopic (exact) mass is 484 g/mol. The highest BCUT2D eigenvalue weighted by Crippen LogP contribution is 2.28. The molecule has 0 heterocycles. The van der Waals surface area contributed by atoms with Crippen LogP contribution in [0.2, 0.25) is 0 Å². The van der Waals surface area contributed by atoms with Crippen molar-refractivity contribution in [1.29, 1.82) is 0 Å². The van der Waals surface area contributed by atoms with E-state index in [2.05, 4.69) is 10.6 Å². The molecule has 3 rings (SSSR count). The molecule has 184 valence electrons. The minimum absolute atomic E-state index is 0.0423. The molecule has 0 unspecified atom stereocenters. The van der Waals surface area contributed by atoms with Gasteiger partial charge in [-0.1, -0.05) is 71.1 Å². The van der Waals surface area contributed by atoms with E-state index in [1.54, 1.807) is 36.4 Å². The van der Waals surface area contributed by atoms with Gasteiger partial charge < -0.3 is 10.6 Å². The number of nitrogens with one attached hydrogen (secondary N) is 2. The maximum absolute atomic E-state index is 13.2. The van der Waals surface area contributed by atoms with Gasteiger partial charge in [-0.15, -0.1) is 0 Å². The van der Waals surface area contributed by atoms with Crippen molar-refractivity contribution < 1.29 is 18.0 Å². The van der Waals surface area contributed by atoms with E-state index in [0.29, 0.717) is 23.6 Å². The zero-order chi connectivity index (χ0) is 24.8. The van der Waals surface area contributed by atoms with Gasteiger partial charge in [-0.25, -0.2) is 8.42 Å². The highest BCUT2D eigenvalue weighted by molar-refractivity contribution is 7.91. The first kappa shape index (κ1) is 25.9. The van der Waals surface area contributed by atoms with Gasteiger partial charge in [-0.2, -0.15) is 0 Å². The molecule has 1 atom stereocenters. The zero-order valence-electron chi connectivity index (χ0n) is 20.3. The Hall–Kier alpha value is -2.67. The summed E-state index contributed by atoms with van der Waals surface area (Å²) < 4.78 is 25.3. The van der Waals surface area contributed by atoms with Crippen LogP contribution in [0.3, 0.4) is 0 Å². The number of amides is 2. The number of rotatable bonds is 8. The molecule has 1 fully saturated rings. The number of sulfone groups is 1. The van der Waals surface area contributed by atoms with E-state index >= 15 is 0 Å². The average molecular weight is 485 g/mol. The van der Waals surface area contributed by atoms with Crippen LogP contribution in [-0.4, -0.2) is 32.0 Å². The molecule has 2 N–H and O–H groups in total. The lowest BCUT2D eigenvalue weighted by Crippen LogP contribution is -2.45. The molecule has 7 heteroatoms. The highest BCUT2D eigenvalue weighted by Gasteiger charge is 2.27. The molecule has 6 nitrogen and oxygen atoms in total. The Morgan fingerprint density at radius 3 is 2.15 bits per heavy atom. The summed E-state index contributed by atoms with van der Waals surface area (Å²) in [6.07, 6.45) is 6.22. The SMILES string of the molecule is CC(C)(C)CS(=O)(=O)c1ccc(NC(=O)[C@H](CC2CCCCC2)NC(=O)c2ccccc2)cc1. The maximum atomic E-state index is 13.2. The lowest BCUT2D eigenvalue weighted by atomic mass is 9.84. The van der Waals surface area contributed by atoms with Crippen LogP contribution in [0.5, 0.6) is 0 Å². The second-order valence-electron chi connectivity index (χ2n) is 10.5. The molecular weight excluding hydrogens is 448 g/mol. The van der Waals surface area contributed by atoms with E-state index in [1.165, 1.54) is 18.6 Å². The number of hydrogen-bond donors (Lipinski definition) is 2. The number of anilines is 1. The molecule has 0 aliphatic heterocycles. The van der Waals surface area contributed by atoms with Crippen molar-refractivity contribution >= 4 is 27.3 Å². The fourth-order valence-corrected chi connectivity index (χ4v) is 6.30. The van der Waals surface area contributed by atoms with E-state index in [0.717, 1.165) is 25.7 Å². The third kappa shape index (κ3) is 7.69. The van der Waals surface area contributed by atoms with Crippen molar-refractivity contribution in [3.05, 3.63) is 60.2 Å². The van der Waals surface area contributed by atoms with Gasteiger partial charge in [-0.05, 0) is 54.2 Å². The van der Waals surface area contributed by atoms with E-state index in [-0.39, 0.29) is 27.9 Å². The van der Waals surface area contributed by atoms with Crippen LogP contribution in [0.4, 0.5) is 5.69 Å². The second kappa shape index (κ2) is 11.2. The van der Waals surface area contributed by atoms with Crippen molar-refractivity contribution in [2.75, 3.05) is 11.1 Å². The van der Waals surface area contributed by atoms with Crippen molar-refractivity contribution in [3.63, 3.8) is 0 Å². The Kier molecular flexibility index (Phi) is 8.52. The molecule has 2 aromatic rings. The molecule has 2 aromatic carbocycles. The normalized spacial score (nSPS) is 16.0. The third-order valence-corrected chi connectivity index (χ3v) is 8.29. The standard InChI is InChI=1S/C27H36N2O4S/c1-27(2,3)19-34(32,33)23-16-14-22(15-17-23)28-26(31)24(18-20-10-6-4-7-11-20)29-25(30)21-12-8-5-9-13-21/h5,8-9,12-17,20,24H,4,6-7,10-11,18-19H2,1-3H3,(H,28,31)(H,29,30)/t24-/m0/s1. The minimum atomic E-state index is -3.41. The fraction of sp³-hybridized carbons (Fsp3) is 0.481. The van der Waals surface area contributed by atoms with Gasteiger partial charge >= 0.3 is 0 Å². The van der Waals surface area contributed by atoms with Crippen LogP contribution >= 0.6 is 0 Å². The van der Waals surface area contributed by atoms with Crippen LogP contribution in [-0.2, 0) is 14.6 Å². The van der Waals surface area contributed by atoms with Gasteiger partial charge in [0.15, 0.2) is 9.84 Å². The van der Waals surface area contributed by atoms with Crippen LogP contribution < -0.4 is 10.6 Å². The highest BCUT2D eigenvalue weighted by atomic mass is 32.2. The van der Waals surface area contributed by atoms with Gasteiger partial charge in [0.05, 0.1) is 10.6 Å². The fourth-order valence-electron chi connectivity index (χ4n) is 4.45. The first-order valence-corrected chi connectivity index (χ1v) is 13.7. The van der Waals surface area contributed by atoms with Gasteiger partial charge in [0.2, 0.25) is 5.91 Å². The number of hydrogen-bond acceptors (Lipinski definition) is 4. The molecule has 0 bridgehead atoms. The van der Waals surface area contributed by atoms with Crippen molar-refractivity contribution in [1.82, 2.24) is 5.32 Å². The summed E-state index contributed by atoms with van der Waals surface area (Å²) in [4.78, 5) is 26.2. The maximum Gasteiger partial charge on any atom is 0.251 e. The predicted molar refractivity (Wildman–Crippen MR) is 135 cm³/mol. The molecule has 0 saturated heterocycles. The summed E-state index contributed by atoms with van der Waals surface area (Å²) in [6.45, 7) is 5.65. The number of benzene rings is 2. The first-order chi connectivity index (χ1) is 16.0. The molecule has 0 aromatic heterocycles. The van der Waals surface area contributed by atoms with Gasteiger partial charge in [0.1, 0.15) is 6.04 Å². The Balaban J connectivity index is 1.72. The molecule has 0 spiro atoms. The number of carbonyl (C=O) groups is 2. The van der Waals surface area contributed by atoms with Gasteiger partial charge in [0, 0.05) is 11.3 Å². The average Bonchev–Trinajstić information content (AvgIpc) is 2.78. The van der Waals surface area contributed by atoms with E-state index < -0.39 is 15.9 Å². The Morgan fingerprint density at radius 1 is 0.941 bits per heavy atom. The summed E-state index contributed by atoms with van der Waals surface area (Å²) in [7, 11) is -3.41. The van der Waals surface area contributed by atoms with Gasteiger partial charge in [0.25, 0.3) is 5.91 Å². The Bertz CT molecular complexity index is 1070. The lowest BCUT2D eigenvalue weighted by Gasteiger charge is -2.26.